The summed E-state index contributed by atoms with van der Waals surface area (Å²) in [5.74, 6) is -0.699. The predicted octanol–water partition coefficient (Wildman–Crippen LogP) is 2.09. The van der Waals surface area contributed by atoms with Crippen LogP contribution in [-0.2, 0) is 9.53 Å². The molecule has 1 aromatic rings. The van der Waals surface area contributed by atoms with Gasteiger partial charge in [0.1, 0.15) is 6.04 Å². The first-order valence-electron chi connectivity index (χ1n) is 5.70. The number of hydrogen-bond donors (Lipinski definition) is 1. The van der Waals surface area contributed by atoms with E-state index in [-0.39, 0.29) is 5.91 Å². The maximum atomic E-state index is 11.8. The van der Waals surface area contributed by atoms with Crippen molar-refractivity contribution in [2.75, 3.05) is 12.9 Å². The second-order valence-corrected chi connectivity index (χ2v) is 4.56. The van der Waals surface area contributed by atoms with Crippen LogP contribution >= 0.6 is 11.8 Å². The molecule has 0 aliphatic rings. The molecule has 0 aromatic heterocycles. The fraction of sp³-hybridized carbons (Fsp3) is 0.385. The van der Waals surface area contributed by atoms with Crippen molar-refractivity contribution >= 4 is 23.6 Å². The number of esters is 1. The molecular formula is C13H17NO3S. The van der Waals surface area contributed by atoms with Crippen molar-refractivity contribution in [3.8, 4) is 0 Å². The molecule has 1 amide bonds. The average molecular weight is 267 g/mol. The second kappa shape index (κ2) is 7.06. The van der Waals surface area contributed by atoms with Crippen LogP contribution < -0.4 is 5.32 Å². The van der Waals surface area contributed by atoms with Crippen LogP contribution in [0, 0.1) is 0 Å². The normalized spacial score (nSPS) is 11.7. The van der Waals surface area contributed by atoms with E-state index in [1.807, 2.05) is 18.4 Å². The summed E-state index contributed by atoms with van der Waals surface area (Å²) < 4.78 is 4.82. The smallest absolute Gasteiger partial charge is 0.328 e. The SMILES string of the molecule is CCOC(=O)C(C)NC(=O)c1ccc(SC)cc1. The molecule has 0 spiro atoms. The van der Waals surface area contributed by atoms with Gasteiger partial charge in [0.25, 0.3) is 5.91 Å². The Kier molecular flexibility index (Phi) is 5.71. The van der Waals surface area contributed by atoms with Crippen molar-refractivity contribution in [2.45, 2.75) is 24.8 Å². The minimum atomic E-state index is -0.641. The highest BCUT2D eigenvalue weighted by Gasteiger charge is 2.17. The Balaban J connectivity index is 2.61. The average Bonchev–Trinajstić information content (AvgIpc) is 2.39. The largest absolute Gasteiger partial charge is 0.464 e. The molecule has 0 aliphatic heterocycles. The van der Waals surface area contributed by atoms with Crippen molar-refractivity contribution in [3.63, 3.8) is 0 Å². The van der Waals surface area contributed by atoms with E-state index in [9.17, 15) is 9.59 Å². The van der Waals surface area contributed by atoms with Gasteiger partial charge in [0, 0.05) is 10.5 Å². The van der Waals surface area contributed by atoms with Crippen LogP contribution in [0.1, 0.15) is 24.2 Å². The van der Waals surface area contributed by atoms with Gasteiger partial charge in [-0.05, 0) is 44.4 Å². The zero-order valence-electron chi connectivity index (χ0n) is 10.7. The molecule has 1 atom stereocenters. The summed E-state index contributed by atoms with van der Waals surface area (Å²) in [6.45, 7) is 3.64. The van der Waals surface area contributed by atoms with E-state index in [1.165, 1.54) is 0 Å². The Morgan fingerprint density at radius 1 is 1.33 bits per heavy atom. The van der Waals surface area contributed by atoms with E-state index in [0.717, 1.165) is 4.90 Å². The summed E-state index contributed by atoms with van der Waals surface area (Å²) in [5.41, 5.74) is 0.531. The summed E-state index contributed by atoms with van der Waals surface area (Å²) in [6.07, 6.45) is 1.97. The maximum absolute atomic E-state index is 11.8. The number of ether oxygens (including phenoxy) is 1. The number of carbonyl (C=O) groups is 2. The van der Waals surface area contributed by atoms with E-state index in [2.05, 4.69) is 5.32 Å². The van der Waals surface area contributed by atoms with Crippen molar-refractivity contribution < 1.29 is 14.3 Å². The minimum absolute atomic E-state index is 0.275. The van der Waals surface area contributed by atoms with Gasteiger partial charge in [0.2, 0.25) is 0 Å². The number of carbonyl (C=O) groups excluding carboxylic acids is 2. The van der Waals surface area contributed by atoms with Crippen molar-refractivity contribution in [3.05, 3.63) is 29.8 Å². The van der Waals surface area contributed by atoms with Gasteiger partial charge >= 0.3 is 5.97 Å². The van der Waals surface area contributed by atoms with Crippen LogP contribution in [0.2, 0.25) is 0 Å². The lowest BCUT2D eigenvalue weighted by Gasteiger charge is -2.12. The number of rotatable bonds is 5. The number of nitrogens with one attached hydrogen (secondary N) is 1. The monoisotopic (exact) mass is 267 g/mol. The fourth-order valence-electron chi connectivity index (χ4n) is 1.35. The first kappa shape index (κ1) is 14.6. The highest BCUT2D eigenvalue weighted by molar-refractivity contribution is 7.98. The third-order valence-electron chi connectivity index (χ3n) is 2.34. The number of hydrogen-bond acceptors (Lipinski definition) is 4. The standard InChI is InChI=1S/C13H17NO3S/c1-4-17-13(16)9(2)14-12(15)10-5-7-11(18-3)8-6-10/h5-9H,4H2,1-3H3,(H,14,15). The lowest BCUT2D eigenvalue weighted by Crippen LogP contribution is -2.39. The minimum Gasteiger partial charge on any atom is -0.464 e. The van der Waals surface area contributed by atoms with Crippen molar-refractivity contribution in [2.24, 2.45) is 0 Å². The molecule has 0 heterocycles. The van der Waals surface area contributed by atoms with Crippen molar-refractivity contribution in [1.29, 1.82) is 0 Å². The second-order valence-electron chi connectivity index (χ2n) is 3.68. The van der Waals surface area contributed by atoms with Crippen LogP contribution in [0.25, 0.3) is 0 Å². The Morgan fingerprint density at radius 3 is 2.44 bits per heavy atom. The fourth-order valence-corrected chi connectivity index (χ4v) is 1.76. The first-order chi connectivity index (χ1) is 8.58. The van der Waals surface area contributed by atoms with E-state index in [0.29, 0.717) is 12.2 Å². The van der Waals surface area contributed by atoms with Crippen LogP contribution in [-0.4, -0.2) is 30.8 Å². The van der Waals surface area contributed by atoms with Crippen molar-refractivity contribution in [1.82, 2.24) is 5.32 Å². The molecule has 0 saturated heterocycles. The highest BCUT2D eigenvalue weighted by Crippen LogP contribution is 2.14. The molecule has 0 radical (unpaired) electrons. The number of thioether (sulfide) groups is 1. The summed E-state index contributed by atoms with van der Waals surface area (Å²) >= 11 is 1.61. The first-order valence-corrected chi connectivity index (χ1v) is 6.92. The topological polar surface area (TPSA) is 55.4 Å². The van der Waals surface area contributed by atoms with E-state index in [4.69, 9.17) is 4.74 Å². The molecule has 1 rings (SSSR count). The van der Waals surface area contributed by atoms with Gasteiger partial charge in [-0.1, -0.05) is 0 Å². The predicted molar refractivity (Wildman–Crippen MR) is 71.8 cm³/mol. The zero-order chi connectivity index (χ0) is 13.5. The molecule has 5 heteroatoms. The van der Waals surface area contributed by atoms with Gasteiger partial charge in [-0.15, -0.1) is 11.8 Å². The maximum Gasteiger partial charge on any atom is 0.328 e. The summed E-state index contributed by atoms with van der Waals surface area (Å²) in [7, 11) is 0. The third-order valence-corrected chi connectivity index (χ3v) is 3.08. The Hall–Kier alpha value is -1.49. The van der Waals surface area contributed by atoms with E-state index in [1.54, 1.807) is 37.7 Å². The molecule has 0 fully saturated rings. The molecule has 1 unspecified atom stereocenters. The molecule has 1 aromatic carbocycles. The zero-order valence-corrected chi connectivity index (χ0v) is 11.5. The Morgan fingerprint density at radius 2 is 1.94 bits per heavy atom. The van der Waals surface area contributed by atoms with E-state index < -0.39 is 12.0 Å². The quantitative estimate of drug-likeness (QED) is 0.655. The van der Waals surface area contributed by atoms with Gasteiger partial charge in [-0.25, -0.2) is 4.79 Å². The molecule has 0 bridgehead atoms. The molecule has 0 saturated carbocycles. The van der Waals surface area contributed by atoms with E-state index >= 15 is 0 Å². The molecular weight excluding hydrogens is 250 g/mol. The number of benzene rings is 1. The van der Waals surface area contributed by atoms with Crippen LogP contribution in [0.4, 0.5) is 0 Å². The molecule has 18 heavy (non-hydrogen) atoms. The molecule has 98 valence electrons. The van der Waals surface area contributed by atoms with Gasteiger partial charge in [-0.2, -0.15) is 0 Å². The van der Waals surface area contributed by atoms with Gasteiger partial charge in [-0.3, -0.25) is 4.79 Å². The van der Waals surface area contributed by atoms with Crippen LogP contribution in [0.3, 0.4) is 0 Å². The lowest BCUT2D eigenvalue weighted by molar-refractivity contribution is -0.144. The van der Waals surface area contributed by atoms with Crippen LogP contribution in [0.5, 0.6) is 0 Å². The van der Waals surface area contributed by atoms with Gasteiger partial charge in [0.05, 0.1) is 6.61 Å². The van der Waals surface area contributed by atoms with Gasteiger partial charge in [0.15, 0.2) is 0 Å². The molecule has 1 N–H and O–H groups in total. The third kappa shape index (κ3) is 4.07. The lowest BCUT2D eigenvalue weighted by atomic mass is 10.2. The number of amides is 1. The Labute approximate surface area is 111 Å². The Bertz CT molecular complexity index is 417. The summed E-state index contributed by atoms with van der Waals surface area (Å²) in [4.78, 5) is 24.3. The summed E-state index contributed by atoms with van der Waals surface area (Å²) in [6, 6.07) is 6.57. The molecule has 4 nitrogen and oxygen atoms in total. The highest BCUT2D eigenvalue weighted by atomic mass is 32.2. The van der Waals surface area contributed by atoms with Crippen LogP contribution in [0.15, 0.2) is 29.2 Å². The summed E-state index contributed by atoms with van der Waals surface area (Å²) in [5, 5.41) is 2.60. The molecule has 0 aliphatic carbocycles. The van der Waals surface area contributed by atoms with Gasteiger partial charge < -0.3 is 10.1 Å².